The van der Waals surface area contributed by atoms with Gasteiger partial charge in [-0.15, -0.1) is 0 Å². The van der Waals surface area contributed by atoms with Gasteiger partial charge in [-0.1, -0.05) is 0 Å². The first-order chi connectivity index (χ1) is 9.15. The van der Waals surface area contributed by atoms with Gasteiger partial charge >= 0.3 is 5.97 Å². The van der Waals surface area contributed by atoms with E-state index in [1.54, 1.807) is 0 Å². The van der Waals surface area contributed by atoms with Crippen LogP contribution in [0.3, 0.4) is 0 Å². The van der Waals surface area contributed by atoms with Crippen LogP contribution in [0.5, 0.6) is 0 Å². The fraction of sp³-hybridized carbons (Fsp3) is 0.857. The lowest BCUT2D eigenvalue weighted by Crippen LogP contribution is -2.42. The summed E-state index contributed by atoms with van der Waals surface area (Å²) in [5, 5.41) is 11.9. The van der Waals surface area contributed by atoms with Crippen LogP contribution in [0.4, 0.5) is 0 Å². The van der Waals surface area contributed by atoms with Crippen molar-refractivity contribution in [1.82, 2.24) is 5.32 Å². The number of hydrogen-bond donors (Lipinski definition) is 2. The van der Waals surface area contributed by atoms with Crippen LogP contribution in [-0.2, 0) is 14.3 Å². The summed E-state index contributed by atoms with van der Waals surface area (Å²) in [5.41, 5.74) is 0. The molecule has 0 bridgehead atoms. The number of nitrogens with one attached hydrogen (secondary N) is 1. The first-order valence-corrected chi connectivity index (χ1v) is 7.25. The monoisotopic (exact) mass is 269 g/mol. The standard InChI is InChI=1S/C14H23NO4/c16-13(17)9-10-1-3-11(4-2-10)14(18)15-12-5-7-19-8-6-12/h10-12H,1-9H2,(H,15,18)(H,16,17). The Morgan fingerprint density at radius 2 is 1.68 bits per heavy atom. The summed E-state index contributed by atoms with van der Waals surface area (Å²) in [6, 6.07) is 0.262. The van der Waals surface area contributed by atoms with Crippen molar-refractivity contribution in [3.63, 3.8) is 0 Å². The smallest absolute Gasteiger partial charge is 0.303 e. The van der Waals surface area contributed by atoms with Gasteiger partial charge in [0.2, 0.25) is 5.91 Å². The van der Waals surface area contributed by atoms with Crippen molar-refractivity contribution < 1.29 is 19.4 Å². The first kappa shape index (κ1) is 14.3. The maximum Gasteiger partial charge on any atom is 0.303 e. The van der Waals surface area contributed by atoms with Crippen LogP contribution in [0.2, 0.25) is 0 Å². The molecule has 108 valence electrons. The van der Waals surface area contributed by atoms with Gasteiger partial charge in [-0.05, 0) is 44.4 Å². The van der Waals surface area contributed by atoms with Crippen molar-refractivity contribution in [2.45, 2.75) is 51.0 Å². The number of carboxylic acid groups (broad SMARTS) is 1. The molecular weight excluding hydrogens is 246 g/mol. The van der Waals surface area contributed by atoms with Gasteiger partial charge in [-0.25, -0.2) is 0 Å². The Hall–Kier alpha value is -1.10. The lowest BCUT2D eigenvalue weighted by Gasteiger charge is -2.29. The SMILES string of the molecule is O=C(O)CC1CCC(C(=O)NC2CCOCC2)CC1. The fourth-order valence-electron chi connectivity index (χ4n) is 3.04. The van der Waals surface area contributed by atoms with E-state index >= 15 is 0 Å². The molecule has 0 atom stereocenters. The van der Waals surface area contributed by atoms with E-state index in [0.29, 0.717) is 0 Å². The molecule has 0 spiro atoms. The zero-order valence-electron chi connectivity index (χ0n) is 11.3. The molecule has 0 aromatic carbocycles. The predicted octanol–water partition coefficient (Wildman–Crippen LogP) is 1.56. The first-order valence-electron chi connectivity index (χ1n) is 7.25. The van der Waals surface area contributed by atoms with Gasteiger partial charge in [0, 0.05) is 31.6 Å². The van der Waals surface area contributed by atoms with Gasteiger partial charge in [-0.3, -0.25) is 9.59 Å². The highest BCUT2D eigenvalue weighted by atomic mass is 16.5. The Balaban J connectivity index is 1.71. The minimum atomic E-state index is -0.727. The summed E-state index contributed by atoms with van der Waals surface area (Å²) in [6.07, 6.45) is 5.42. The highest BCUT2D eigenvalue weighted by Crippen LogP contribution is 2.31. The van der Waals surface area contributed by atoms with Crippen molar-refractivity contribution in [3.8, 4) is 0 Å². The van der Waals surface area contributed by atoms with E-state index in [4.69, 9.17) is 9.84 Å². The number of carboxylic acids is 1. The van der Waals surface area contributed by atoms with E-state index < -0.39 is 5.97 Å². The summed E-state index contributed by atoms with van der Waals surface area (Å²) in [5.74, 6) is -0.242. The quantitative estimate of drug-likeness (QED) is 0.812. The van der Waals surface area contributed by atoms with E-state index in [1.807, 2.05) is 0 Å². The third-order valence-electron chi connectivity index (χ3n) is 4.25. The second-order valence-electron chi connectivity index (χ2n) is 5.71. The lowest BCUT2D eigenvalue weighted by atomic mass is 9.80. The molecule has 1 amide bonds. The Morgan fingerprint density at radius 1 is 1.05 bits per heavy atom. The average molecular weight is 269 g/mol. The molecule has 2 N–H and O–H groups in total. The van der Waals surface area contributed by atoms with E-state index in [0.717, 1.165) is 51.7 Å². The van der Waals surface area contributed by atoms with Crippen LogP contribution in [0.25, 0.3) is 0 Å². The zero-order chi connectivity index (χ0) is 13.7. The normalized spacial score (nSPS) is 28.8. The topological polar surface area (TPSA) is 75.6 Å². The van der Waals surface area contributed by atoms with Gasteiger partial charge in [0.15, 0.2) is 0 Å². The highest BCUT2D eigenvalue weighted by molar-refractivity contribution is 5.79. The Morgan fingerprint density at radius 3 is 2.26 bits per heavy atom. The van der Waals surface area contributed by atoms with Gasteiger partial charge in [-0.2, -0.15) is 0 Å². The van der Waals surface area contributed by atoms with Crippen molar-refractivity contribution in [2.24, 2.45) is 11.8 Å². The van der Waals surface area contributed by atoms with Crippen LogP contribution in [-0.4, -0.2) is 36.2 Å². The molecular formula is C14H23NO4. The minimum absolute atomic E-state index is 0.0767. The van der Waals surface area contributed by atoms with Crippen LogP contribution in [0, 0.1) is 11.8 Å². The second-order valence-corrected chi connectivity index (χ2v) is 5.71. The third-order valence-corrected chi connectivity index (χ3v) is 4.25. The van der Waals surface area contributed by atoms with E-state index in [9.17, 15) is 9.59 Å². The van der Waals surface area contributed by atoms with Crippen LogP contribution in [0.1, 0.15) is 44.9 Å². The third kappa shape index (κ3) is 4.49. The van der Waals surface area contributed by atoms with E-state index in [1.165, 1.54) is 0 Å². The number of hydrogen-bond acceptors (Lipinski definition) is 3. The molecule has 1 saturated carbocycles. The molecule has 0 unspecified atom stereocenters. The number of carbonyl (C=O) groups is 2. The van der Waals surface area contributed by atoms with Gasteiger partial charge in [0.1, 0.15) is 0 Å². The Bertz CT molecular complexity index is 317. The zero-order valence-corrected chi connectivity index (χ0v) is 11.3. The minimum Gasteiger partial charge on any atom is -0.481 e. The van der Waals surface area contributed by atoms with Crippen LogP contribution in [0.15, 0.2) is 0 Å². The highest BCUT2D eigenvalue weighted by Gasteiger charge is 2.28. The van der Waals surface area contributed by atoms with Crippen molar-refractivity contribution in [1.29, 1.82) is 0 Å². The van der Waals surface area contributed by atoms with Crippen LogP contribution < -0.4 is 5.32 Å². The number of carbonyl (C=O) groups excluding carboxylic acids is 1. The van der Waals surface area contributed by atoms with Gasteiger partial charge in [0.25, 0.3) is 0 Å². The molecule has 1 heterocycles. The van der Waals surface area contributed by atoms with Crippen molar-refractivity contribution >= 4 is 11.9 Å². The Labute approximate surface area is 113 Å². The molecule has 2 aliphatic rings. The summed E-state index contributed by atoms with van der Waals surface area (Å²) < 4.78 is 5.27. The maximum atomic E-state index is 12.1. The van der Waals surface area contributed by atoms with Crippen molar-refractivity contribution in [2.75, 3.05) is 13.2 Å². The molecule has 2 rings (SSSR count). The predicted molar refractivity (Wildman–Crippen MR) is 69.7 cm³/mol. The average Bonchev–Trinajstić information content (AvgIpc) is 2.40. The Kier molecular flexibility index (Phi) is 5.19. The van der Waals surface area contributed by atoms with Crippen LogP contribution >= 0.6 is 0 Å². The molecule has 2 fully saturated rings. The molecule has 1 aliphatic carbocycles. The molecule has 5 heteroatoms. The van der Waals surface area contributed by atoms with Crippen molar-refractivity contribution in [3.05, 3.63) is 0 Å². The molecule has 0 aromatic rings. The summed E-state index contributed by atoms with van der Waals surface area (Å²) in [6.45, 7) is 1.46. The van der Waals surface area contributed by atoms with Gasteiger partial charge in [0.05, 0.1) is 0 Å². The maximum absolute atomic E-state index is 12.1. The molecule has 1 aliphatic heterocycles. The number of aliphatic carboxylic acids is 1. The molecule has 19 heavy (non-hydrogen) atoms. The molecule has 0 radical (unpaired) electrons. The van der Waals surface area contributed by atoms with E-state index in [-0.39, 0.29) is 30.2 Å². The largest absolute Gasteiger partial charge is 0.481 e. The number of rotatable bonds is 4. The summed E-state index contributed by atoms with van der Waals surface area (Å²) >= 11 is 0. The molecule has 5 nitrogen and oxygen atoms in total. The van der Waals surface area contributed by atoms with Gasteiger partial charge < -0.3 is 15.2 Å². The molecule has 0 aromatic heterocycles. The number of amides is 1. The fourth-order valence-corrected chi connectivity index (χ4v) is 3.04. The lowest BCUT2D eigenvalue weighted by molar-refractivity contribution is -0.138. The van der Waals surface area contributed by atoms with E-state index in [2.05, 4.69) is 5.32 Å². The summed E-state index contributed by atoms with van der Waals surface area (Å²) in [7, 11) is 0. The molecule has 1 saturated heterocycles. The second kappa shape index (κ2) is 6.89. The summed E-state index contributed by atoms with van der Waals surface area (Å²) in [4.78, 5) is 22.8. The number of ether oxygens (including phenoxy) is 1.